The Morgan fingerprint density at radius 2 is 1.14 bits per heavy atom. The summed E-state index contributed by atoms with van der Waals surface area (Å²) in [5.41, 5.74) is 0. The molecule has 0 aliphatic carbocycles. The van der Waals surface area contributed by atoms with Crippen LogP contribution in [0.15, 0.2) is 0 Å². The summed E-state index contributed by atoms with van der Waals surface area (Å²) in [5.74, 6) is 0. The summed E-state index contributed by atoms with van der Waals surface area (Å²) in [6.45, 7) is 13.8. The minimum atomic E-state index is -0.407. The van der Waals surface area contributed by atoms with E-state index in [9.17, 15) is 0 Å². The van der Waals surface area contributed by atoms with Gasteiger partial charge in [0.05, 0.1) is 0 Å². The molecule has 0 bridgehead atoms. The van der Waals surface area contributed by atoms with Gasteiger partial charge in [0.2, 0.25) is 0 Å². The minimum Gasteiger partial charge on any atom is -0.0953 e. The molecule has 14 heavy (non-hydrogen) atoms. The van der Waals surface area contributed by atoms with Crippen molar-refractivity contribution in [2.45, 2.75) is 77.5 Å². The third kappa shape index (κ3) is 4.07. The first-order chi connectivity index (χ1) is 6.28. The predicted molar refractivity (Wildman–Crippen MR) is 70.7 cm³/mol. The quantitative estimate of drug-likeness (QED) is 0.513. The van der Waals surface area contributed by atoms with Crippen LogP contribution in [0, 0.1) is 0 Å². The van der Waals surface area contributed by atoms with Crippen LogP contribution in [-0.4, -0.2) is 10.3 Å². The largest absolute Gasteiger partial charge is 0.0953 e. The lowest BCUT2D eigenvalue weighted by Crippen LogP contribution is -2.27. The molecule has 0 spiro atoms. The average molecular weight is 237 g/mol. The summed E-state index contributed by atoms with van der Waals surface area (Å²) >= 11 is 6.69. The van der Waals surface area contributed by atoms with Crippen molar-refractivity contribution in [3.8, 4) is 0 Å². The van der Waals surface area contributed by atoms with Gasteiger partial charge in [-0.05, 0) is 23.2 Å². The molecule has 0 aromatic rings. The van der Waals surface area contributed by atoms with E-state index >= 15 is 0 Å². The standard InChI is InChI=1S/C12H26ClP/c1-7-9-11(3,4)14(13)12(5,6)10-8-2/h7-10H2,1-6H3. The molecule has 0 amide bonds. The zero-order valence-corrected chi connectivity index (χ0v) is 12.3. The van der Waals surface area contributed by atoms with Crippen molar-refractivity contribution in [1.29, 1.82) is 0 Å². The lowest BCUT2D eigenvalue weighted by Gasteiger charge is -2.40. The Morgan fingerprint density at radius 3 is 1.36 bits per heavy atom. The third-order valence-corrected chi connectivity index (χ3v) is 8.11. The van der Waals surface area contributed by atoms with E-state index in [1.54, 1.807) is 0 Å². The molecule has 0 saturated carbocycles. The first-order valence-electron chi connectivity index (χ1n) is 5.74. The summed E-state index contributed by atoms with van der Waals surface area (Å²) in [7, 11) is -0.407. The Bertz CT molecular complexity index is 146. The van der Waals surface area contributed by atoms with Gasteiger partial charge in [-0.15, -0.1) is 0 Å². The zero-order valence-electron chi connectivity index (χ0n) is 10.7. The van der Waals surface area contributed by atoms with Crippen LogP contribution in [0.2, 0.25) is 0 Å². The third-order valence-electron chi connectivity index (χ3n) is 2.79. The van der Waals surface area contributed by atoms with E-state index in [0.717, 1.165) is 0 Å². The van der Waals surface area contributed by atoms with Crippen LogP contribution in [0.4, 0.5) is 0 Å². The van der Waals surface area contributed by atoms with Gasteiger partial charge < -0.3 is 0 Å². The Balaban J connectivity index is 4.49. The molecule has 0 aromatic carbocycles. The number of rotatable bonds is 6. The second kappa shape index (κ2) is 5.71. The van der Waals surface area contributed by atoms with Gasteiger partial charge in [-0.2, -0.15) is 0 Å². The van der Waals surface area contributed by atoms with Gasteiger partial charge in [-0.1, -0.05) is 65.6 Å². The summed E-state index contributed by atoms with van der Waals surface area (Å²) in [6, 6.07) is 0. The molecule has 0 aromatic heterocycles. The van der Waals surface area contributed by atoms with Gasteiger partial charge in [0, 0.05) is 7.27 Å². The molecule has 0 nitrogen and oxygen atoms in total. The van der Waals surface area contributed by atoms with E-state index in [-0.39, 0.29) is 0 Å². The van der Waals surface area contributed by atoms with Crippen LogP contribution < -0.4 is 0 Å². The maximum atomic E-state index is 6.69. The Labute approximate surface area is 96.3 Å². The molecule has 0 radical (unpaired) electrons. The molecule has 0 rings (SSSR count). The summed E-state index contributed by atoms with van der Waals surface area (Å²) in [4.78, 5) is 0. The van der Waals surface area contributed by atoms with Crippen LogP contribution in [0.1, 0.15) is 67.2 Å². The van der Waals surface area contributed by atoms with Gasteiger partial charge >= 0.3 is 0 Å². The fourth-order valence-corrected chi connectivity index (χ4v) is 5.22. The first-order valence-corrected chi connectivity index (χ1v) is 7.98. The summed E-state index contributed by atoms with van der Waals surface area (Å²) in [5, 5.41) is 0.647. The second-order valence-corrected chi connectivity index (χ2v) is 9.40. The molecular formula is C12H26ClP. The SMILES string of the molecule is CCCC(C)(C)P(Cl)C(C)(C)CCC. The highest BCUT2D eigenvalue weighted by Crippen LogP contribution is 2.66. The highest BCUT2D eigenvalue weighted by Gasteiger charge is 2.37. The molecule has 2 heteroatoms. The van der Waals surface area contributed by atoms with Gasteiger partial charge in [0.1, 0.15) is 0 Å². The molecular weight excluding hydrogens is 211 g/mol. The molecule has 0 aliphatic rings. The maximum absolute atomic E-state index is 6.69. The van der Waals surface area contributed by atoms with Crippen LogP contribution in [0.5, 0.6) is 0 Å². The summed E-state index contributed by atoms with van der Waals surface area (Å²) in [6.07, 6.45) is 4.96. The van der Waals surface area contributed by atoms with Crippen molar-refractivity contribution in [2.75, 3.05) is 0 Å². The normalized spacial score (nSPS) is 13.7. The van der Waals surface area contributed by atoms with Crippen molar-refractivity contribution >= 4 is 18.5 Å². The highest BCUT2D eigenvalue weighted by atomic mass is 35.7. The van der Waals surface area contributed by atoms with Gasteiger partial charge in [0.15, 0.2) is 0 Å². The smallest absolute Gasteiger partial charge is 0.00182 e. The fraction of sp³-hybridized carbons (Fsp3) is 1.00. The van der Waals surface area contributed by atoms with Crippen LogP contribution in [0.25, 0.3) is 0 Å². The lowest BCUT2D eigenvalue weighted by atomic mass is 10.1. The van der Waals surface area contributed by atoms with Crippen molar-refractivity contribution in [2.24, 2.45) is 0 Å². The van der Waals surface area contributed by atoms with E-state index in [4.69, 9.17) is 11.2 Å². The predicted octanol–water partition coefficient (Wildman–Crippen LogP) is 5.78. The second-order valence-electron chi connectivity index (χ2n) is 5.41. The molecule has 0 heterocycles. The maximum Gasteiger partial charge on any atom is 0.00182 e. The van der Waals surface area contributed by atoms with Gasteiger partial charge in [-0.3, -0.25) is 0 Å². The lowest BCUT2D eigenvalue weighted by molar-refractivity contribution is 0.566. The summed E-state index contributed by atoms with van der Waals surface area (Å²) < 4.78 is 0. The van der Waals surface area contributed by atoms with Gasteiger partial charge in [0.25, 0.3) is 0 Å². The topological polar surface area (TPSA) is 0 Å². The molecule has 0 atom stereocenters. The Hall–Kier alpha value is 0.720. The van der Waals surface area contributed by atoms with Crippen molar-refractivity contribution in [1.82, 2.24) is 0 Å². The van der Waals surface area contributed by atoms with E-state index in [2.05, 4.69) is 41.5 Å². The van der Waals surface area contributed by atoms with E-state index < -0.39 is 7.27 Å². The molecule has 0 N–H and O–H groups in total. The highest BCUT2D eigenvalue weighted by molar-refractivity contribution is 7.86. The monoisotopic (exact) mass is 236 g/mol. The molecule has 0 fully saturated rings. The van der Waals surface area contributed by atoms with Crippen molar-refractivity contribution < 1.29 is 0 Å². The van der Waals surface area contributed by atoms with Crippen molar-refractivity contribution in [3.63, 3.8) is 0 Å². The van der Waals surface area contributed by atoms with E-state index in [0.29, 0.717) is 10.3 Å². The molecule has 0 unspecified atom stereocenters. The first kappa shape index (κ1) is 14.7. The minimum absolute atomic E-state index is 0.324. The molecule has 0 aliphatic heterocycles. The Kier molecular flexibility index (Phi) is 6.00. The zero-order chi connectivity index (χ0) is 11.4. The number of hydrogen-bond donors (Lipinski definition) is 0. The van der Waals surface area contributed by atoms with Gasteiger partial charge in [-0.25, -0.2) is 0 Å². The number of hydrogen-bond acceptors (Lipinski definition) is 0. The van der Waals surface area contributed by atoms with Crippen LogP contribution >= 0.6 is 18.5 Å². The Morgan fingerprint density at radius 1 is 0.857 bits per heavy atom. The van der Waals surface area contributed by atoms with E-state index in [1.807, 2.05) is 0 Å². The van der Waals surface area contributed by atoms with Crippen LogP contribution in [-0.2, 0) is 0 Å². The van der Waals surface area contributed by atoms with Crippen LogP contribution in [0.3, 0.4) is 0 Å². The van der Waals surface area contributed by atoms with E-state index in [1.165, 1.54) is 25.7 Å². The molecule has 0 saturated heterocycles. The number of halogens is 1. The molecule has 86 valence electrons. The van der Waals surface area contributed by atoms with Crippen molar-refractivity contribution in [3.05, 3.63) is 0 Å². The average Bonchev–Trinajstić information content (AvgIpc) is 2.02. The fourth-order valence-electron chi connectivity index (χ4n) is 2.24.